The lowest BCUT2D eigenvalue weighted by Crippen LogP contribution is -2.40. The van der Waals surface area contributed by atoms with Crippen molar-refractivity contribution in [3.8, 4) is 11.1 Å². The van der Waals surface area contributed by atoms with E-state index >= 15 is 0 Å². The Morgan fingerprint density at radius 1 is 0.941 bits per heavy atom. The number of rotatable bonds is 12. The number of carbonyl (C=O) groups is 3. The maximum atomic E-state index is 12.3. The summed E-state index contributed by atoms with van der Waals surface area (Å²) in [5, 5.41) is 14.4. The summed E-state index contributed by atoms with van der Waals surface area (Å²) in [4.78, 5) is 35.4. The van der Waals surface area contributed by atoms with E-state index in [0.29, 0.717) is 19.4 Å². The molecule has 34 heavy (non-hydrogen) atoms. The highest BCUT2D eigenvalue weighted by Gasteiger charge is 2.29. The van der Waals surface area contributed by atoms with Crippen molar-refractivity contribution in [2.45, 2.75) is 57.9 Å². The minimum absolute atomic E-state index is 0.0257. The molecule has 0 aliphatic heterocycles. The number of nitrogens with one attached hydrogen (secondary N) is 2. The Balaban J connectivity index is 1.41. The fourth-order valence-corrected chi connectivity index (χ4v) is 4.52. The lowest BCUT2D eigenvalue weighted by atomic mass is 9.96. The van der Waals surface area contributed by atoms with Gasteiger partial charge in [-0.3, -0.25) is 4.79 Å². The second-order valence-electron chi connectivity index (χ2n) is 8.72. The molecule has 2 aromatic carbocycles. The second kappa shape index (κ2) is 12.2. The zero-order valence-electron chi connectivity index (χ0n) is 19.9. The fraction of sp³-hybridized carbons (Fsp3) is 0.444. The van der Waals surface area contributed by atoms with Gasteiger partial charge in [0.15, 0.2) is 0 Å². The third-order valence-electron chi connectivity index (χ3n) is 6.56. The molecule has 0 spiro atoms. The van der Waals surface area contributed by atoms with Crippen LogP contribution >= 0.6 is 0 Å². The number of ether oxygens (including phenoxy) is 1. The SMILES string of the molecule is CCC(CCNC(=O)OCC1c2ccccc2-c2ccccc21)CCC(=O)N[C@@H](CC)C(=O)O. The first-order valence-corrected chi connectivity index (χ1v) is 12.1. The van der Waals surface area contributed by atoms with Gasteiger partial charge in [-0.25, -0.2) is 9.59 Å². The monoisotopic (exact) mass is 466 g/mol. The summed E-state index contributed by atoms with van der Waals surface area (Å²) < 4.78 is 5.56. The maximum Gasteiger partial charge on any atom is 0.407 e. The average Bonchev–Trinajstić information content (AvgIpc) is 3.16. The highest BCUT2D eigenvalue weighted by atomic mass is 16.5. The van der Waals surface area contributed by atoms with E-state index in [1.54, 1.807) is 6.92 Å². The molecule has 2 amide bonds. The Kier molecular flexibility index (Phi) is 9.08. The Hall–Kier alpha value is -3.35. The Morgan fingerprint density at radius 2 is 1.56 bits per heavy atom. The van der Waals surface area contributed by atoms with E-state index in [1.807, 2.05) is 31.2 Å². The van der Waals surface area contributed by atoms with E-state index in [4.69, 9.17) is 9.84 Å². The summed E-state index contributed by atoms with van der Waals surface area (Å²) in [6, 6.07) is 15.6. The predicted octanol–water partition coefficient (Wildman–Crippen LogP) is 4.70. The molecular formula is C27H34N2O5. The van der Waals surface area contributed by atoms with Gasteiger partial charge >= 0.3 is 12.1 Å². The van der Waals surface area contributed by atoms with Gasteiger partial charge in [0.25, 0.3) is 0 Å². The molecule has 0 aromatic heterocycles. The second-order valence-corrected chi connectivity index (χ2v) is 8.72. The number of amides is 2. The van der Waals surface area contributed by atoms with Crippen LogP contribution < -0.4 is 10.6 Å². The number of carboxylic acids is 1. The van der Waals surface area contributed by atoms with E-state index in [-0.39, 0.29) is 30.8 Å². The van der Waals surface area contributed by atoms with Gasteiger partial charge in [0.05, 0.1) is 0 Å². The van der Waals surface area contributed by atoms with Crippen LogP contribution in [0, 0.1) is 5.92 Å². The van der Waals surface area contributed by atoms with Crippen molar-refractivity contribution < 1.29 is 24.2 Å². The van der Waals surface area contributed by atoms with E-state index < -0.39 is 18.1 Å². The number of hydrogen-bond acceptors (Lipinski definition) is 4. The summed E-state index contributed by atoms with van der Waals surface area (Å²) in [5.41, 5.74) is 4.73. The fourth-order valence-electron chi connectivity index (χ4n) is 4.52. The normalized spacial score (nSPS) is 13.9. The molecule has 182 valence electrons. The highest BCUT2D eigenvalue weighted by molar-refractivity contribution is 5.83. The van der Waals surface area contributed by atoms with Crippen LogP contribution in [0.15, 0.2) is 48.5 Å². The number of benzene rings is 2. The van der Waals surface area contributed by atoms with Crippen LogP contribution in [0.25, 0.3) is 11.1 Å². The van der Waals surface area contributed by atoms with Crippen LogP contribution in [-0.2, 0) is 14.3 Å². The highest BCUT2D eigenvalue weighted by Crippen LogP contribution is 2.44. The van der Waals surface area contributed by atoms with Gasteiger partial charge in [0, 0.05) is 18.9 Å². The molecule has 7 nitrogen and oxygen atoms in total. The molecule has 0 saturated carbocycles. The zero-order valence-corrected chi connectivity index (χ0v) is 19.9. The van der Waals surface area contributed by atoms with E-state index in [2.05, 4.69) is 34.9 Å². The lowest BCUT2D eigenvalue weighted by molar-refractivity contribution is -0.141. The predicted molar refractivity (Wildman–Crippen MR) is 131 cm³/mol. The number of carbonyl (C=O) groups excluding carboxylic acids is 2. The number of carboxylic acid groups (broad SMARTS) is 1. The first kappa shape index (κ1) is 25.3. The number of hydrogen-bond donors (Lipinski definition) is 3. The quantitative estimate of drug-likeness (QED) is 0.421. The minimum atomic E-state index is -1.02. The van der Waals surface area contributed by atoms with Gasteiger partial charge in [-0.05, 0) is 47.4 Å². The first-order valence-electron chi connectivity index (χ1n) is 12.1. The van der Waals surface area contributed by atoms with Crippen LogP contribution in [0.2, 0.25) is 0 Å². The van der Waals surface area contributed by atoms with Crippen LogP contribution in [-0.4, -0.2) is 42.3 Å². The van der Waals surface area contributed by atoms with Crippen molar-refractivity contribution in [3.63, 3.8) is 0 Å². The number of aliphatic carboxylic acids is 1. The van der Waals surface area contributed by atoms with Crippen LogP contribution in [0.5, 0.6) is 0 Å². The molecular weight excluding hydrogens is 432 g/mol. The topological polar surface area (TPSA) is 105 Å². The molecule has 2 atom stereocenters. The molecule has 0 heterocycles. The van der Waals surface area contributed by atoms with Gasteiger partial charge in [0.1, 0.15) is 12.6 Å². The third kappa shape index (κ3) is 6.37. The molecule has 3 rings (SSSR count). The zero-order chi connectivity index (χ0) is 24.5. The lowest BCUT2D eigenvalue weighted by Gasteiger charge is -2.17. The van der Waals surface area contributed by atoms with Gasteiger partial charge in [-0.1, -0.05) is 68.8 Å². The molecule has 3 N–H and O–H groups in total. The standard InChI is InChI=1S/C27H34N2O5/c1-3-18(13-14-25(30)29-24(4-2)26(31)32)15-16-28-27(33)34-17-23-21-11-7-5-9-19(21)20-10-6-8-12-22(20)23/h5-12,18,23-24H,3-4,13-17H2,1-2H3,(H,28,33)(H,29,30)(H,31,32)/t18?,24-/m0/s1. The Morgan fingerprint density at radius 3 is 2.12 bits per heavy atom. The average molecular weight is 467 g/mol. The number of fused-ring (bicyclic) bond motifs is 3. The Bertz CT molecular complexity index is 961. The van der Waals surface area contributed by atoms with Gasteiger partial charge in [-0.15, -0.1) is 0 Å². The van der Waals surface area contributed by atoms with E-state index in [1.165, 1.54) is 22.3 Å². The first-order chi connectivity index (χ1) is 16.4. The summed E-state index contributed by atoms with van der Waals surface area (Å²) in [6.45, 7) is 4.51. The van der Waals surface area contributed by atoms with Gasteiger partial charge in [-0.2, -0.15) is 0 Å². The van der Waals surface area contributed by atoms with Gasteiger partial charge in [0.2, 0.25) is 5.91 Å². The van der Waals surface area contributed by atoms with Crippen LogP contribution in [0.4, 0.5) is 4.79 Å². The van der Waals surface area contributed by atoms with Crippen molar-refractivity contribution in [2.24, 2.45) is 5.92 Å². The molecule has 0 saturated heterocycles. The summed E-state index contributed by atoms with van der Waals surface area (Å²) in [7, 11) is 0. The molecule has 1 unspecified atom stereocenters. The summed E-state index contributed by atoms with van der Waals surface area (Å²) >= 11 is 0. The van der Waals surface area contributed by atoms with Crippen molar-refractivity contribution in [1.82, 2.24) is 10.6 Å². The van der Waals surface area contributed by atoms with Gasteiger partial charge < -0.3 is 20.5 Å². The molecule has 0 fully saturated rings. The molecule has 0 bridgehead atoms. The Labute approximate surface area is 200 Å². The minimum Gasteiger partial charge on any atom is -0.480 e. The summed E-state index contributed by atoms with van der Waals surface area (Å²) in [5.74, 6) is -0.991. The van der Waals surface area contributed by atoms with Crippen molar-refractivity contribution in [1.29, 1.82) is 0 Å². The molecule has 1 aliphatic carbocycles. The van der Waals surface area contributed by atoms with Crippen molar-refractivity contribution in [2.75, 3.05) is 13.2 Å². The molecule has 0 radical (unpaired) electrons. The number of alkyl carbamates (subject to hydrolysis) is 1. The molecule has 2 aromatic rings. The van der Waals surface area contributed by atoms with Crippen LogP contribution in [0.1, 0.15) is 63.0 Å². The van der Waals surface area contributed by atoms with E-state index in [0.717, 1.165) is 12.8 Å². The van der Waals surface area contributed by atoms with E-state index in [9.17, 15) is 14.4 Å². The molecule has 1 aliphatic rings. The van der Waals surface area contributed by atoms with Crippen molar-refractivity contribution >= 4 is 18.0 Å². The van der Waals surface area contributed by atoms with Crippen LogP contribution in [0.3, 0.4) is 0 Å². The molecule has 7 heteroatoms. The smallest absolute Gasteiger partial charge is 0.407 e. The third-order valence-corrected chi connectivity index (χ3v) is 6.56. The largest absolute Gasteiger partial charge is 0.480 e. The van der Waals surface area contributed by atoms with Crippen molar-refractivity contribution in [3.05, 3.63) is 59.7 Å². The summed E-state index contributed by atoms with van der Waals surface area (Å²) in [6.07, 6.45) is 2.42. The maximum absolute atomic E-state index is 12.3.